The van der Waals surface area contributed by atoms with Crippen molar-refractivity contribution in [1.29, 1.82) is 0 Å². The first-order chi connectivity index (χ1) is 14.8. The molecule has 4 heterocycles. The number of nitrogens with one attached hydrogen (secondary N) is 1. The molecule has 1 saturated heterocycles. The number of carboxylic acid groups (broad SMARTS) is 1. The molecule has 0 radical (unpaired) electrons. The molecule has 4 rings (SSSR count). The Balaban J connectivity index is 1.53. The molecule has 2 aromatic heterocycles. The van der Waals surface area contributed by atoms with Crippen LogP contribution < -0.4 is 11.1 Å². The smallest absolute Gasteiger partial charge is 0.353 e. The lowest BCUT2D eigenvalue weighted by Gasteiger charge is -2.49. The van der Waals surface area contributed by atoms with Gasteiger partial charge in [-0.1, -0.05) is 51.2 Å². The number of hydrogen-bond acceptors (Lipinski definition) is 12. The van der Waals surface area contributed by atoms with Crippen LogP contribution in [0.2, 0.25) is 4.34 Å². The van der Waals surface area contributed by atoms with Crippen molar-refractivity contribution in [2.45, 2.75) is 29.3 Å². The van der Waals surface area contributed by atoms with Crippen molar-refractivity contribution in [3.05, 3.63) is 26.1 Å². The summed E-state index contributed by atoms with van der Waals surface area (Å²) in [6.45, 7) is 0. The molecule has 31 heavy (non-hydrogen) atoms. The van der Waals surface area contributed by atoms with E-state index in [1.807, 2.05) is 0 Å². The second-order valence-corrected chi connectivity index (χ2v) is 10.1. The van der Waals surface area contributed by atoms with Crippen molar-refractivity contribution in [2.24, 2.45) is 5.16 Å². The first-order valence-corrected chi connectivity index (χ1v) is 11.4. The summed E-state index contributed by atoms with van der Waals surface area (Å²) >= 11 is 9.27. The summed E-state index contributed by atoms with van der Waals surface area (Å²) in [6.07, 6.45) is 0.798. The Morgan fingerprint density at radius 2 is 2.23 bits per heavy atom. The molecule has 2 aliphatic heterocycles. The zero-order valence-corrected chi connectivity index (χ0v) is 18.4. The molecule has 12 nitrogen and oxygen atoms in total. The van der Waals surface area contributed by atoms with Gasteiger partial charge in [-0.05, 0) is 12.8 Å². The third kappa shape index (κ3) is 3.84. The number of allylic oxidation sites excluding steroid dienone is 1. The number of nitrogen functional groups attached to an aromatic ring is 1. The van der Waals surface area contributed by atoms with Gasteiger partial charge >= 0.3 is 5.97 Å². The van der Waals surface area contributed by atoms with Crippen LogP contribution in [-0.2, 0) is 14.4 Å². The van der Waals surface area contributed by atoms with Gasteiger partial charge in [0.25, 0.3) is 11.8 Å². The van der Waals surface area contributed by atoms with Gasteiger partial charge in [-0.25, -0.2) is 9.78 Å². The van der Waals surface area contributed by atoms with Gasteiger partial charge < -0.3 is 21.4 Å². The highest BCUT2D eigenvalue weighted by Gasteiger charge is 2.54. The molecule has 0 saturated carbocycles. The Morgan fingerprint density at radius 1 is 1.45 bits per heavy atom. The van der Waals surface area contributed by atoms with E-state index < -0.39 is 35.6 Å². The van der Waals surface area contributed by atoms with Crippen LogP contribution in [-0.4, -0.2) is 66.0 Å². The van der Waals surface area contributed by atoms with Crippen LogP contribution in [0.5, 0.6) is 0 Å². The Labute approximate surface area is 190 Å². The third-order valence-corrected chi connectivity index (χ3v) is 7.58. The highest BCUT2D eigenvalue weighted by atomic mass is 35.5. The number of anilines is 1. The maximum atomic E-state index is 12.7. The van der Waals surface area contributed by atoms with Crippen LogP contribution in [0.1, 0.15) is 18.5 Å². The van der Waals surface area contributed by atoms with Gasteiger partial charge in [0.2, 0.25) is 0 Å². The number of carbonyl (C=O) groups is 3. The summed E-state index contributed by atoms with van der Waals surface area (Å²) in [6, 6.07) is -1.54. The number of aliphatic carboxylic acids is 1. The number of fused-ring (bicyclic) bond motifs is 1. The number of thiazole rings is 1. The summed E-state index contributed by atoms with van der Waals surface area (Å²) in [5.74, 6) is -2.73. The number of oxime groups is 1. The minimum Gasteiger partial charge on any atom is -0.477 e. The average Bonchev–Trinajstić information content (AvgIpc) is 3.35. The number of nitrogens with zero attached hydrogens (tertiary/aromatic N) is 5. The zero-order chi connectivity index (χ0) is 22.3. The molecule has 2 atom stereocenters. The number of carbonyl (C=O) groups excluding carboxylic acids is 2. The summed E-state index contributed by atoms with van der Waals surface area (Å²) < 4.78 is 0.613. The zero-order valence-electron chi connectivity index (χ0n) is 15.2. The Bertz CT molecular complexity index is 1130. The topological polar surface area (TPSA) is 184 Å². The maximum absolute atomic E-state index is 12.7. The summed E-state index contributed by atoms with van der Waals surface area (Å²) in [7, 11) is 0. The molecule has 0 bridgehead atoms. The highest BCUT2D eigenvalue weighted by molar-refractivity contribution is 8.04. The first-order valence-electron chi connectivity index (χ1n) is 8.50. The molecule has 0 spiro atoms. The number of amides is 2. The van der Waals surface area contributed by atoms with E-state index in [-0.39, 0.29) is 20.9 Å². The van der Waals surface area contributed by atoms with Gasteiger partial charge in [0.05, 0.1) is 6.04 Å². The number of aromatic nitrogens is 3. The lowest BCUT2D eigenvalue weighted by Crippen LogP contribution is -2.72. The SMILES string of the molecule is Nc1nc(/C(=N/O)C(=O)NC2C(=O)N3C(C(=O)O)=C(Sc4nncs4)CC[C@H]23)c(Cl)s1. The van der Waals surface area contributed by atoms with E-state index in [0.29, 0.717) is 22.1 Å². The Kier molecular flexibility index (Phi) is 5.83. The van der Waals surface area contributed by atoms with Crippen molar-refractivity contribution in [3.8, 4) is 0 Å². The van der Waals surface area contributed by atoms with E-state index in [9.17, 15) is 24.7 Å². The first kappa shape index (κ1) is 21.5. The van der Waals surface area contributed by atoms with Gasteiger partial charge in [0.1, 0.15) is 27.3 Å². The van der Waals surface area contributed by atoms with Crippen molar-refractivity contribution in [3.63, 3.8) is 0 Å². The number of halogens is 1. The molecular weight excluding hydrogens is 490 g/mol. The molecule has 0 aromatic carbocycles. The summed E-state index contributed by atoms with van der Waals surface area (Å²) in [4.78, 5) is 42.7. The molecule has 1 fully saturated rings. The van der Waals surface area contributed by atoms with E-state index in [0.717, 1.165) is 28.0 Å². The second-order valence-electron chi connectivity index (χ2n) is 6.27. The highest BCUT2D eigenvalue weighted by Crippen LogP contribution is 2.43. The molecule has 2 aromatic rings. The monoisotopic (exact) mass is 501 g/mol. The lowest BCUT2D eigenvalue weighted by atomic mass is 9.86. The van der Waals surface area contributed by atoms with E-state index >= 15 is 0 Å². The van der Waals surface area contributed by atoms with Crippen LogP contribution in [0.15, 0.2) is 25.6 Å². The number of rotatable bonds is 6. The van der Waals surface area contributed by atoms with Gasteiger partial charge in [0.15, 0.2) is 15.2 Å². The Hall–Kier alpha value is -2.75. The standard InChI is InChI=1S/C15H12ClN7O5S3/c16-10-7(20-14(17)31-10)8(22-28)11(24)19-6-4-1-2-5(30-15-21-18-3-29-15)9(13(26)27)23(4)12(6)25/h3-4,6,28H,1-2H2,(H2,17,20)(H,19,24)(H,26,27)/b22-8-/t4-,6?/m1/s1. The van der Waals surface area contributed by atoms with Crippen LogP contribution in [0.4, 0.5) is 5.13 Å². The molecule has 2 amide bonds. The number of thioether (sulfide) groups is 1. The summed E-state index contributed by atoms with van der Waals surface area (Å²) in [5.41, 5.74) is 6.32. The normalized spacial score (nSPS) is 21.0. The Morgan fingerprint density at radius 3 is 2.81 bits per heavy atom. The average molecular weight is 502 g/mol. The van der Waals surface area contributed by atoms with Crippen molar-refractivity contribution in [2.75, 3.05) is 5.73 Å². The molecule has 16 heteroatoms. The van der Waals surface area contributed by atoms with Gasteiger partial charge in [-0.3, -0.25) is 14.5 Å². The van der Waals surface area contributed by atoms with Gasteiger partial charge in [-0.2, -0.15) is 0 Å². The maximum Gasteiger partial charge on any atom is 0.353 e. The third-order valence-electron chi connectivity index (χ3n) is 4.57. The van der Waals surface area contributed by atoms with Gasteiger partial charge in [-0.15, -0.1) is 10.2 Å². The van der Waals surface area contributed by atoms with E-state index in [1.165, 1.54) is 16.8 Å². The van der Waals surface area contributed by atoms with E-state index in [2.05, 4.69) is 25.7 Å². The fourth-order valence-corrected chi connectivity index (χ4v) is 5.95. The number of nitrogens with two attached hydrogens (primary N) is 1. The minimum absolute atomic E-state index is 0.0501. The number of hydrogen-bond donors (Lipinski definition) is 4. The quantitative estimate of drug-likeness (QED) is 0.192. The number of carboxylic acids is 1. The van der Waals surface area contributed by atoms with Crippen LogP contribution in [0.25, 0.3) is 0 Å². The van der Waals surface area contributed by atoms with Crippen LogP contribution in [0, 0.1) is 0 Å². The largest absolute Gasteiger partial charge is 0.477 e. The second kappa shape index (κ2) is 8.41. The molecule has 1 unspecified atom stereocenters. The molecule has 5 N–H and O–H groups in total. The molecule has 2 aliphatic rings. The number of β-lactam (4-membered cyclic amide) rings is 1. The molecule has 162 valence electrons. The van der Waals surface area contributed by atoms with Crippen molar-refractivity contribution < 1.29 is 24.7 Å². The summed E-state index contributed by atoms with van der Waals surface area (Å²) in [5, 5.41) is 32.0. The fraction of sp³-hybridized carbons (Fsp3) is 0.267. The van der Waals surface area contributed by atoms with Crippen LogP contribution >= 0.6 is 46.0 Å². The van der Waals surface area contributed by atoms with Crippen molar-refractivity contribution >= 4 is 74.7 Å². The van der Waals surface area contributed by atoms with E-state index in [4.69, 9.17) is 17.3 Å². The molecular formula is C15H12ClN7O5S3. The van der Waals surface area contributed by atoms with E-state index in [1.54, 1.807) is 0 Å². The lowest BCUT2D eigenvalue weighted by molar-refractivity contribution is -0.155. The van der Waals surface area contributed by atoms with Gasteiger partial charge in [0, 0.05) is 4.91 Å². The van der Waals surface area contributed by atoms with Crippen molar-refractivity contribution in [1.82, 2.24) is 25.4 Å². The fourth-order valence-electron chi connectivity index (χ4n) is 3.31. The predicted octanol–water partition coefficient (Wildman–Crippen LogP) is 0.986. The predicted molar refractivity (Wildman–Crippen MR) is 112 cm³/mol. The minimum atomic E-state index is -1.25. The van der Waals surface area contributed by atoms with Crippen LogP contribution in [0.3, 0.4) is 0 Å². The molecule has 0 aliphatic carbocycles.